The molecule has 0 radical (unpaired) electrons. The third kappa shape index (κ3) is 3.31. The maximum atomic E-state index is 13.0. The van der Waals surface area contributed by atoms with E-state index in [0.29, 0.717) is 43.1 Å². The number of piperazine rings is 1. The van der Waals surface area contributed by atoms with Crippen molar-refractivity contribution in [2.75, 3.05) is 31.1 Å². The van der Waals surface area contributed by atoms with Crippen LogP contribution >= 0.6 is 11.3 Å². The lowest BCUT2D eigenvalue weighted by molar-refractivity contribution is -0.126. The van der Waals surface area contributed by atoms with Crippen molar-refractivity contribution in [3.05, 3.63) is 58.9 Å². The molecule has 1 saturated heterocycles. The molecule has 28 heavy (non-hydrogen) atoms. The van der Waals surface area contributed by atoms with Crippen LogP contribution in [-0.4, -0.2) is 57.5 Å². The van der Waals surface area contributed by atoms with Crippen LogP contribution in [0.15, 0.2) is 41.9 Å². The first kappa shape index (κ1) is 18.4. The maximum absolute atomic E-state index is 13.0. The van der Waals surface area contributed by atoms with Crippen LogP contribution in [-0.2, 0) is 4.79 Å². The molecule has 1 aromatic carbocycles. The fourth-order valence-electron chi connectivity index (χ4n) is 3.52. The van der Waals surface area contributed by atoms with Gasteiger partial charge in [0.05, 0.1) is 22.6 Å². The van der Waals surface area contributed by atoms with Gasteiger partial charge in [0.1, 0.15) is 0 Å². The van der Waals surface area contributed by atoms with Gasteiger partial charge < -0.3 is 9.80 Å². The lowest BCUT2D eigenvalue weighted by Gasteiger charge is -2.34. The summed E-state index contributed by atoms with van der Waals surface area (Å²) in [6.45, 7) is 5.97. The molecule has 1 aliphatic rings. The molecule has 7 nitrogen and oxygen atoms in total. The molecule has 2 aromatic heterocycles. The molecule has 4 rings (SSSR count). The summed E-state index contributed by atoms with van der Waals surface area (Å²) in [5.41, 5.74) is 2.52. The van der Waals surface area contributed by atoms with Gasteiger partial charge in [-0.3, -0.25) is 9.59 Å². The van der Waals surface area contributed by atoms with E-state index in [4.69, 9.17) is 0 Å². The van der Waals surface area contributed by atoms with E-state index >= 15 is 0 Å². The van der Waals surface area contributed by atoms with Gasteiger partial charge in [0.15, 0.2) is 5.13 Å². The Hall–Kier alpha value is -3.00. The Morgan fingerprint density at radius 1 is 1.04 bits per heavy atom. The Kier molecular flexibility index (Phi) is 4.95. The molecule has 0 unspecified atom stereocenters. The number of aryl methyl sites for hydroxylation is 1. The van der Waals surface area contributed by atoms with Gasteiger partial charge in [0.2, 0.25) is 0 Å². The Morgan fingerprint density at radius 3 is 2.39 bits per heavy atom. The Bertz CT molecular complexity index is 989. The highest BCUT2D eigenvalue weighted by molar-refractivity contribution is 7.13. The van der Waals surface area contributed by atoms with Crippen molar-refractivity contribution < 1.29 is 9.59 Å². The van der Waals surface area contributed by atoms with Gasteiger partial charge in [-0.1, -0.05) is 18.2 Å². The number of ketones is 1. The Morgan fingerprint density at radius 2 is 1.75 bits per heavy atom. The molecule has 0 atom stereocenters. The number of rotatable bonds is 4. The highest BCUT2D eigenvalue weighted by Gasteiger charge is 2.31. The van der Waals surface area contributed by atoms with E-state index in [1.54, 1.807) is 34.0 Å². The molecule has 0 aliphatic carbocycles. The van der Waals surface area contributed by atoms with E-state index in [-0.39, 0.29) is 0 Å². The zero-order valence-corrected chi connectivity index (χ0v) is 16.6. The van der Waals surface area contributed by atoms with Crippen molar-refractivity contribution in [3.8, 4) is 5.69 Å². The van der Waals surface area contributed by atoms with Gasteiger partial charge >= 0.3 is 0 Å². The van der Waals surface area contributed by atoms with E-state index in [0.717, 1.165) is 10.8 Å². The van der Waals surface area contributed by atoms with Gasteiger partial charge in [-0.2, -0.15) is 5.10 Å². The van der Waals surface area contributed by atoms with Crippen molar-refractivity contribution in [2.45, 2.75) is 13.8 Å². The number of benzene rings is 1. The Balaban J connectivity index is 1.51. The number of anilines is 1. The van der Waals surface area contributed by atoms with Gasteiger partial charge in [0, 0.05) is 37.8 Å². The predicted octanol–water partition coefficient (Wildman–Crippen LogP) is 2.48. The highest BCUT2D eigenvalue weighted by Crippen LogP contribution is 2.21. The first-order valence-corrected chi connectivity index (χ1v) is 10.0. The molecule has 3 aromatic rings. The van der Waals surface area contributed by atoms with Crippen LogP contribution in [0.25, 0.3) is 5.69 Å². The first-order chi connectivity index (χ1) is 13.6. The quantitative estimate of drug-likeness (QED) is 0.501. The molecule has 0 spiro atoms. The molecule has 8 heteroatoms. The van der Waals surface area contributed by atoms with E-state index in [1.165, 1.54) is 0 Å². The number of carbonyl (C=O) groups is 2. The largest absolute Gasteiger partial charge is 0.345 e. The van der Waals surface area contributed by atoms with Crippen LogP contribution in [0.5, 0.6) is 0 Å². The topological polar surface area (TPSA) is 71.3 Å². The molecule has 1 aliphatic heterocycles. The van der Waals surface area contributed by atoms with Crippen LogP contribution in [0.3, 0.4) is 0 Å². The standard InChI is InChI=1S/C20H21N5O2S/c1-14-17(15(2)25(22-14)16-6-4-3-5-7-16)18(26)19(27)23-9-11-24(12-10-23)20-21-8-13-28-20/h3-8,13H,9-12H2,1-2H3. The van der Waals surface area contributed by atoms with Crippen LogP contribution in [0.2, 0.25) is 0 Å². The average Bonchev–Trinajstić information content (AvgIpc) is 3.36. The number of hydrogen-bond donors (Lipinski definition) is 0. The van der Waals surface area contributed by atoms with E-state index in [1.807, 2.05) is 42.6 Å². The monoisotopic (exact) mass is 395 g/mol. The zero-order valence-electron chi connectivity index (χ0n) is 15.8. The number of amides is 1. The van der Waals surface area contributed by atoms with E-state index in [2.05, 4.69) is 15.0 Å². The second kappa shape index (κ2) is 7.55. The van der Waals surface area contributed by atoms with Gasteiger partial charge in [-0.25, -0.2) is 9.67 Å². The lowest BCUT2D eigenvalue weighted by atomic mass is 10.1. The molecule has 0 saturated carbocycles. The number of nitrogens with zero attached hydrogens (tertiary/aromatic N) is 5. The van der Waals surface area contributed by atoms with Crippen LogP contribution in [0.4, 0.5) is 5.13 Å². The summed E-state index contributed by atoms with van der Waals surface area (Å²) in [5, 5.41) is 7.37. The third-order valence-corrected chi connectivity index (χ3v) is 5.80. The summed E-state index contributed by atoms with van der Waals surface area (Å²) in [6.07, 6.45) is 1.77. The highest BCUT2D eigenvalue weighted by atomic mass is 32.1. The van der Waals surface area contributed by atoms with E-state index < -0.39 is 11.7 Å². The maximum Gasteiger partial charge on any atom is 0.295 e. The van der Waals surface area contributed by atoms with Crippen molar-refractivity contribution >= 4 is 28.2 Å². The van der Waals surface area contributed by atoms with Gasteiger partial charge in [-0.05, 0) is 26.0 Å². The minimum atomic E-state index is -0.486. The predicted molar refractivity (Wildman–Crippen MR) is 108 cm³/mol. The SMILES string of the molecule is Cc1nn(-c2ccccc2)c(C)c1C(=O)C(=O)N1CCN(c2nccs2)CC1. The number of aromatic nitrogens is 3. The number of para-hydroxylation sites is 1. The van der Waals surface area contributed by atoms with Crippen molar-refractivity contribution in [2.24, 2.45) is 0 Å². The fourth-order valence-corrected chi connectivity index (χ4v) is 4.21. The molecule has 3 heterocycles. The number of Topliss-reactive ketones (excluding diaryl/α,β-unsaturated/α-hetero) is 1. The first-order valence-electron chi connectivity index (χ1n) is 9.16. The average molecular weight is 395 g/mol. The molecular formula is C20H21N5O2S. The summed E-state index contributed by atoms with van der Waals surface area (Å²) >= 11 is 1.58. The second-order valence-corrected chi connectivity index (χ2v) is 7.59. The summed E-state index contributed by atoms with van der Waals surface area (Å²) in [4.78, 5) is 33.9. The van der Waals surface area contributed by atoms with Crippen LogP contribution < -0.4 is 4.90 Å². The van der Waals surface area contributed by atoms with Crippen molar-refractivity contribution in [3.63, 3.8) is 0 Å². The van der Waals surface area contributed by atoms with Crippen molar-refractivity contribution in [1.82, 2.24) is 19.7 Å². The van der Waals surface area contributed by atoms with Crippen LogP contribution in [0, 0.1) is 13.8 Å². The molecule has 1 fully saturated rings. The minimum Gasteiger partial charge on any atom is -0.345 e. The molecule has 144 valence electrons. The number of hydrogen-bond acceptors (Lipinski definition) is 6. The summed E-state index contributed by atoms with van der Waals surface area (Å²) in [7, 11) is 0. The summed E-state index contributed by atoms with van der Waals surface area (Å²) < 4.78 is 1.72. The smallest absolute Gasteiger partial charge is 0.295 e. The summed E-state index contributed by atoms with van der Waals surface area (Å²) in [6, 6.07) is 9.61. The fraction of sp³-hybridized carbons (Fsp3) is 0.300. The summed E-state index contributed by atoms with van der Waals surface area (Å²) in [5.74, 6) is -0.947. The zero-order chi connectivity index (χ0) is 19.7. The lowest BCUT2D eigenvalue weighted by Crippen LogP contribution is -2.50. The van der Waals surface area contributed by atoms with Gasteiger partial charge in [-0.15, -0.1) is 11.3 Å². The normalized spacial score (nSPS) is 14.4. The van der Waals surface area contributed by atoms with Crippen molar-refractivity contribution in [1.29, 1.82) is 0 Å². The van der Waals surface area contributed by atoms with Gasteiger partial charge in [0.25, 0.3) is 11.7 Å². The minimum absolute atomic E-state index is 0.399. The Labute approximate surface area is 167 Å². The molecule has 1 amide bonds. The molecule has 0 bridgehead atoms. The van der Waals surface area contributed by atoms with Crippen LogP contribution in [0.1, 0.15) is 21.7 Å². The number of thiazole rings is 1. The third-order valence-electron chi connectivity index (χ3n) is 4.97. The van der Waals surface area contributed by atoms with E-state index in [9.17, 15) is 9.59 Å². The molecular weight excluding hydrogens is 374 g/mol. The molecule has 0 N–H and O–H groups in total. The number of carbonyl (C=O) groups excluding carboxylic acids is 2. The second-order valence-electron chi connectivity index (χ2n) is 6.72.